The first-order chi connectivity index (χ1) is 10.8. The lowest BCUT2D eigenvalue weighted by atomic mass is 10.2. The van der Waals surface area contributed by atoms with E-state index < -0.39 is 0 Å². The molecule has 0 saturated heterocycles. The zero-order valence-electron chi connectivity index (χ0n) is 11.8. The molecule has 8 heteroatoms. The van der Waals surface area contributed by atoms with Crippen LogP contribution in [0.5, 0.6) is 5.75 Å². The highest BCUT2D eigenvalue weighted by atomic mass is 79.9. The smallest absolute Gasteiger partial charge is 0.187 e. The maximum atomic E-state index is 5.79. The summed E-state index contributed by atoms with van der Waals surface area (Å²) in [4.78, 5) is 14.8. The van der Waals surface area contributed by atoms with Gasteiger partial charge in [-0.15, -0.1) is 11.3 Å². The minimum Gasteiger partial charge on any atom is -0.491 e. The summed E-state index contributed by atoms with van der Waals surface area (Å²) < 4.78 is 8.54. The first-order valence-electron chi connectivity index (χ1n) is 6.93. The maximum Gasteiger partial charge on any atom is 0.187 e. The highest BCUT2D eigenvalue weighted by molar-refractivity contribution is 9.10. The Kier molecular flexibility index (Phi) is 3.42. The quantitative estimate of drug-likeness (QED) is 0.685. The summed E-state index contributed by atoms with van der Waals surface area (Å²) in [5.41, 5.74) is 1.69. The molecule has 0 radical (unpaired) electrons. The van der Waals surface area contributed by atoms with Crippen LogP contribution in [-0.4, -0.2) is 31.3 Å². The van der Waals surface area contributed by atoms with Gasteiger partial charge < -0.3 is 4.74 Å². The second kappa shape index (κ2) is 5.44. The van der Waals surface area contributed by atoms with Crippen LogP contribution >= 0.6 is 27.3 Å². The van der Waals surface area contributed by atoms with Crippen LogP contribution in [0.15, 0.2) is 23.1 Å². The zero-order valence-corrected chi connectivity index (χ0v) is 14.2. The van der Waals surface area contributed by atoms with Crippen molar-refractivity contribution in [1.82, 2.24) is 24.7 Å². The van der Waals surface area contributed by atoms with E-state index in [1.54, 1.807) is 23.9 Å². The third kappa shape index (κ3) is 2.22. The number of fused-ring (bicyclic) bond motifs is 3. The van der Waals surface area contributed by atoms with Gasteiger partial charge in [0, 0.05) is 28.5 Å². The fourth-order valence-corrected chi connectivity index (χ4v) is 3.78. The molecule has 0 saturated carbocycles. The fourth-order valence-electron chi connectivity index (χ4n) is 2.43. The van der Waals surface area contributed by atoms with Crippen molar-refractivity contribution in [3.63, 3.8) is 0 Å². The molecule has 0 N–H and O–H groups in total. The van der Waals surface area contributed by atoms with Crippen LogP contribution in [0.2, 0.25) is 0 Å². The Labute approximate surface area is 139 Å². The van der Waals surface area contributed by atoms with Crippen LogP contribution in [0.25, 0.3) is 22.2 Å². The summed E-state index contributed by atoms with van der Waals surface area (Å²) in [7, 11) is 0. The van der Waals surface area contributed by atoms with E-state index in [9.17, 15) is 0 Å². The third-order valence-electron chi connectivity index (χ3n) is 3.43. The summed E-state index contributed by atoms with van der Waals surface area (Å²) in [5.74, 6) is 1.57. The molecule has 0 spiro atoms. The van der Waals surface area contributed by atoms with Gasteiger partial charge in [0.1, 0.15) is 23.5 Å². The van der Waals surface area contributed by atoms with Crippen LogP contribution in [0.4, 0.5) is 0 Å². The van der Waals surface area contributed by atoms with Gasteiger partial charge in [-0.3, -0.25) is 0 Å². The molecule has 0 aromatic carbocycles. The Bertz CT molecular complexity index is 844. The summed E-state index contributed by atoms with van der Waals surface area (Å²) in [5, 5.41) is 5.09. The summed E-state index contributed by atoms with van der Waals surface area (Å²) in [6.07, 6.45) is 4.16. The van der Waals surface area contributed by atoms with Gasteiger partial charge >= 0.3 is 0 Å². The predicted octanol–water partition coefficient (Wildman–Crippen LogP) is 3.18. The summed E-state index contributed by atoms with van der Waals surface area (Å²) in [6.45, 7) is 3.43. The van der Waals surface area contributed by atoms with Crippen LogP contribution < -0.4 is 4.74 Å². The van der Waals surface area contributed by atoms with Crippen molar-refractivity contribution in [2.45, 2.75) is 19.9 Å². The number of aromatic nitrogens is 5. The van der Waals surface area contributed by atoms with Crippen molar-refractivity contribution in [2.24, 2.45) is 0 Å². The Morgan fingerprint density at radius 3 is 3.14 bits per heavy atom. The van der Waals surface area contributed by atoms with Gasteiger partial charge in [0.15, 0.2) is 10.8 Å². The Balaban J connectivity index is 1.87. The topological polar surface area (TPSA) is 65.7 Å². The molecule has 0 unspecified atom stereocenters. The van der Waals surface area contributed by atoms with Crippen LogP contribution in [0.1, 0.15) is 11.8 Å². The molecule has 112 valence electrons. The molecular weight excluding hydrogens is 366 g/mol. The van der Waals surface area contributed by atoms with E-state index >= 15 is 0 Å². The summed E-state index contributed by atoms with van der Waals surface area (Å²) >= 11 is 5.07. The molecule has 0 bridgehead atoms. The number of hydrogen-bond acceptors (Lipinski definition) is 6. The molecule has 1 aliphatic rings. The Morgan fingerprint density at radius 1 is 1.36 bits per heavy atom. The molecule has 0 aliphatic carbocycles. The Morgan fingerprint density at radius 2 is 2.27 bits per heavy atom. The number of hydrogen-bond donors (Lipinski definition) is 0. The first-order valence-corrected chi connectivity index (χ1v) is 8.54. The highest BCUT2D eigenvalue weighted by Gasteiger charge is 2.23. The lowest BCUT2D eigenvalue weighted by molar-refractivity contribution is 0.326. The molecule has 4 rings (SSSR count). The minimum atomic E-state index is 0.625. The van der Waals surface area contributed by atoms with E-state index in [2.05, 4.69) is 31.0 Å². The van der Waals surface area contributed by atoms with Crippen LogP contribution in [-0.2, 0) is 13.0 Å². The Hall–Kier alpha value is -1.80. The third-order valence-corrected chi connectivity index (χ3v) is 4.98. The molecule has 3 aromatic heterocycles. The number of halogens is 1. The number of rotatable bonds is 2. The van der Waals surface area contributed by atoms with E-state index in [0.717, 1.165) is 45.4 Å². The van der Waals surface area contributed by atoms with E-state index in [4.69, 9.17) is 9.72 Å². The van der Waals surface area contributed by atoms with Crippen LogP contribution in [0.3, 0.4) is 0 Å². The van der Waals surface area contributed by atoms with Crippen molar-refractivity contribution in [3.8, 4) is 28.0 Å². The SMILES string of the molecule is CCn1ncnc1-c1nc2c(s1)CCOc1cc(Br)cnc1-2. The van der Waals surface area contributed by atoms with Crippen molar-refractivity contribution in [2.75, 3.05) is 6.61 Å². The summed E-state index contributed by atoms with van der Waals surface area (Å²) in [6, 6.07) is 1.94. The molecule has 22 heavy (non-hydrogen) atoms. The normalized spacial score (nSPS) is 13.2. The average molecular weight is 378 g/mol. The molecule has 0 fully saturated rings. The van der Waals surface area contributed by atoms with Crippen molar-refractivity contribution in [1.29, 1.82) is 0 Å². The second-order valence-corrected chi connectivity index (χ2v) is 6.79. The zero-order chi connectivity index (χ0) is 15.1. The molecular formula is C14H12BrN5OS. The molecule has 6 nitrogen and oxygen atoms in total. The number of aryl methyl sites for hydroxylation is 1. The first kappa shape index (κ1) is 13.8. The van der Waals surface area contributed by atoms with Crippen LogP contribution in [0, 0.1) is 0 Å². The molecule has 4 heterocycles. The monoisotopic (exact) mass is 377 g/mol. The predicted molar refractivity (Wildman–Crippen MR) is 86.9 cm³/mol. The fraction of sp³-hybridized carbons (Fsp3) is 0.286. The largest absolute Gasteiger partial charge is 0.491 e. The van der Waals surface area contributed by atoms with Gasteiger partial charge in [0.05, 0.1) is 6.61 Å². The van der Waals surface area contributed by atoms with Gasteiger partial charge in [-0.05, 0) is 28.9 Å². The number of thiazole rings is 1. The number of nitrogens with zero attached hydrogens (tertiary/aromatic N) is 5. The van der Waals surface area contributed by atoms with Crippen molar-refractivity contribution >= 4 is 27.3 Å². The standard InChI is InChI=1S/C14H12BrN5OS/c1-2-20-13(17-7-18-20)14-19-12-10(22-14)3-4-21-9-5-8(15)6-16-11(9)12/h5-7H,2-4H2,1H3. The minimum absolute atomic E-state index is 0.625. The van der Waals surface area contributed by atoms with Crippen molar-refractivity contribution in [3.05, 3.63) is 27.9 Å². The molecule has 0 amide bonds. The van der Waals surface area contributed by atoms with E-state index in [-0.39, 0.29) is 0 Å². The second-order valence-electron chi connectivity index (χ2n) is 4.79. The van der Waals surface area contributed by atoms with Gasteiger partial charge in [-0.1, -0.05) is 0 Å². The average Bonchev–Trinajstić information content (AvgIpc) is 3.11. The maximum absolute atomic E-state index is 5.79. The number of pyridine rings is 1. The molecule has 3 aromatic rings. The van der Waals surface area contributed by atoms with Gasteiger partial charge in [0.25, 0.3) is 0 Å². The van der Waals surface area contributed by atoms with Gasteiger partial charge in [0.2, 0.25) is 0 Å². The van der Waals surface area contributed by atoms with E-state index in [1.165, 1.54) is 4.88 Å². The van der Waals surface area contributed by atoms with Gasteiger partial charge in [-0.25, -0.2) is 19.6 Å². The van der Waals surface area contributed by atoms with E-state index in [1.807, 2.05) is 17.7 Å². The number of ether oxygens (including phenoxy) is 1. The van der Waals surface area contributed by atoms with Gasteiger partial charge in [-0.2, -0.15) is 5.10 Å². The lowest BCUT2D eigenvalue weighted by Gasteiger charge is -2.05. The highest BCUT2D eigenvalue weighted by Crippen LogP contribution is 2.39. The lowest BCUT2D eigenvalue weighted by Crippen LogP contribution is -2.00. The van der Waals surface area contributed by atoms with E-state index in [0.29, 0.717) is 6.61 Å². The molecule has 1 aliphatic heterocycles. The molecule has 0 atom stereocenters. The van der Waals surface area contributed by atoms with Crippen molar-refractivity contribution < 1.29 is 4.74 Å².